The highest BCUT2D eigenvalue weighted by molar-refractivity contribution is 5.94. The van der Waals surface area contributed by atoms with Crippen molar-refractivity contribution in [3.05, 3.63) is 71.8 Å². The first-order valence-corrected chi connectivity index (χ1v) is 14.2. The van der Waals surface area contributed by atoms with Crippen molar-refractivity contribution in [2.75, 3.05) is 0 Å². The number of aliphatic hydroxyl groups is 1. The molecular formula is C31H39FN6O6. The number of rotatable bonds is 16. The molecule has 44 heavy (non-hydrogen) atoms. The van der Waals surface area contributed by atoms with E-state index in [0.717, 1.165) is 0 Å². The Kier molecular flexibility index (Phi) is 11.8. The fraction of sp³-hybridized carbons (Fsp3) is 0.419. The van der Waals surface area contributed by atoms with Gasteiger partial charge in [-0.3, -0.25) is 24.2 Å². The monoisotopic (exact) mass is 610 g/mol. The zero-order chi connectivity index (χ0) is 32.4. The lowest BCUT2D eigenvalue weighted by Gasteiger charge is -2.31. The highest BCUT2D eigenvalue weighted by Gasteiger charge is 2.34. The van der Waals surface area contributed by atoms with E-state index in [1.54, 1.807) is 44.2 Å². The zero-order valence-corrected chi connectivity index (χ0v) is 24.7. The van der Waals surface area contributed by atoms with Gasteiger partial charge in [0.05, 0.1) is 28.9 Å². The molecule has 3 rings (SSSR count). The number of nitrogens with zero attached hydrogens (tertiary/aromatic N) is 2. The molecule has 8 N–H and O–H groups in total. The predicted octanol–water partition coefficient (Wildman–Crippen LogP) is 1.66. The number of nitrogens with one attached hydrogen (secondary N) is 1. The van der Waals surface area contributed by atoms with Crippen LogP contribution in [0, 0.1) is 11.7 Å². The third kappa shape index (κ3) is 10.7. The molecule has 236 valence electrons. The summed E-state index contributed by atoms with van der Waals surface area (Å²) in [5, 5.41) is 13.1. The second-order valence-corrected chi connectivity index (χ2v) is 11.4. The van der Waals surface area contributed by atoms with Gasteiger partial charge in [-0.1, -0.05) is 24.3 Å². The van der Waals surface area contributed by atoms with Gasteiger partial charge in [-0.25, -0.2) is 9.37 Å². The molecule has 0 saturated heterocycles. The Balaban J connectivity index is 1.99. The lowest BCUT2D eigenvalue weighted by atomic mass is 9.87. The van der Waals surface area contributed by atoms with E-state index in [9.17, 15) is 28.7 Å². The van der Waals surface area contributed by atoms with Crippen LogP contribution in [0.4, 0.5) is 4.39 Å². The Morgan fingerprint density at radius 2 is 1.75 bits per heavy atom. The van der Waals surface area contributed by atoms with E-state index in [0.29, 0.717) is 16.6 Å². The van der Waals surface area contributed by atoms with Crippen LogP contribution in [0.15, 0.2) is 54.7 Å². The second kappa shape index (κ2) is 15.3. The number of hydrogen-bond donors (Lipinski definition) is 5. The number of aromatic nitrogens is 2. The Hall–Kier alpha value is -4.49. The van der Waals surface area contributed by atoms with Gasteiger partial charge in [-0.15, -0.1) is 0 Å². The lowest BCUT2D eigenvalue weighted by molar-refractivity contribution is -0.154. The molecule has 3 amide bonds. The van der Waals surface area contributed by atoms with E-state index in [-0.39, 0.29) is 44.2 Å². The van der Waals surface area contributed by atoms with Crippen molar-refractivity contribution in [2.24, 2.45) is 23.1 Å². The summed E-state index contributed by atoms with van der Waals surface area (Å²) in [4.78, 5) is 59.0. The van der Waals surface area contributed by atoms with Crippen molar-refractivity contribution in [3.8, 4) is 0 Å². The maximum absolute atomic E-state index is 14.2. The number of para-hydroxylation sites is 2. The van der Waals surface area contributed by atoms with E-state index in [1.165, 1.54) is 24.4 Å². The number of ether oxygens (including phenoxy) is 1. The standard InChI is InChI=1S/C31H39FN6O6/c1-31(2,43)13-12-19(28(35)40)16-26(44-30(42)21(33)10-11-27(34)39)24(15-18-6-5-7-20(32)14-18)38-29(41)25-17-36-22-8-3-4-9-23(22)37-25/h3-9,14,17,19,21,24,26,43H,10-13,15-16,33H2,1-2H3,(H2,34,39)(H2,35,40)(H,38,41)/t19-,21+,24+,26+/m1/s1. The van der Waals surface area contributed by atoms with Gasteiger partial charge >= 0.3 is 5.97 Å². The molecule has 0 spiro atoms. The van der Waals surface area contributed by atoms with Crippen LogP contribution >= 0.6 is 0 Å². The Morgan fingerprint density at radius 1 is 1.05 bits per heavy atom. The summed E-state index contributed by atoms with van der Waals surface area (Å²) < 4.78 is 20.0. The second-order valence-electron chi connectivity index (χ2n) is 11.4. The number of primary amides is 2. The maximum Gasteiger partial charge on any atom is 0.323 e. The van der Waals surface area contributed by atoms with Crippen LogP contribution in [0.5, 0.6) is 0 Å². The summed E-state index contributed by atoms with van der Waals surface area (Å²) in [5.41, 5.74) is 17.3. The van der Waals surface area contributed by atoms with E-state index in [1.807, 2.05) is 0 Å². The summed E-state index contributed by atoms with van der Waals surface area (Å²) in [7, 11) is 0. The summed E-state index contributed by atoms with van der Waals surface area (Å²) >= 11 is 0. The van der Waals surface area contributed by atoms with Crippen LogP contribution in [0.2, 0.25) is 0 Å². The SMILES string of the molecule is CC(C)(O)CC[C@H](C[C@H](OC(=O)[C@@H](N)CCC(N)=O)[C@H](Cc1cccc(F)c1)NC(=O)c1cnc2ccccc2n1)C(N)=O. The molecule has 0 aliphatic heterocycles. The van der Waals surface area contributed by atoms with Gasteiger partial charge in [0.25, 0.3) is 5.91 Å². The summed E-state index contributed by atoms with van der Waals surface area (Å²) in [6, 6.07) is 10.4. The smallest absolute Gasteiger partial charge is 0.323 e. The van der Waals surface area contributed by atoms with Crippen molar-refractivity contribution >= 4 is 34.7 Å². The molecule has 1 heterocycles. The molecule has 0 saturated carbocycles. The number of nitrogens with two attached hydrogens (primary N) is 3. The molecule has 0 unspecified atom stereocenters. The highest BCUT2D eigenvalue weighted by atomic mass is 19.1. The van der Waals surface area contributed by atoms with Gasteiger partial charge in [-0.2, -0.15) is 0 Å². The maximum atomic E-state index is 14.2. The van der Waals surface area contributed by atoms with Crippen molar-refractivity contribution in [1.82, 2.24) is 15.3 Å². The fourth-order valence-electron chi connectivity index (χ4n) is 4.63. The summed E-state index contributed by atoms with van der Waals surface area (Å²) in [6.07, 6.45) is 0.0335. The molecule has 12 nitrogen and oxygen atoms in total. The first-order valence-electron chi connectivity index (χ1n) is 14.2. The van der Waals surface area contributed by atoms with Gasteiger partial charge in [0, 0.05) is 12.3 Å². The number of halogens is 1. The first kappa shape index (κ1) is 34.0. The molecule has 0 aliphatic rings. The van der Waals surface area contributed by atoms with Gasteiger partial charge in [0.1, 0.15) is 23.7 Å². The minimum atomic E-state index is -1.23. The molecular weight excluding hydrogens is 571 g/mol. The minimum Gasteiger partial charge on any atom is -0.459 e. The number of amides is 3. The number of hydrogen-bond acceptors (Lipinski definition) is 9. The third-order valence-corrected chi connectivity index (χ3v) is 7.09. The quantitative estimate of drug-likeness (QED) is 0.149. The van der Waals surface area contributed by atoms with Crippen molar-refractivity contribution < 1.29 is 33.4 Å². The fourth-order valence-corrected chi connectivity index (χ4v) is 4.63. The highest BCUT2D eigenvalue weighted by Crippen LogP contribution is 2.24. The molecule has 0 fully saturated rings. The Bertz CT molecular complexity index is 1480. The van der Waals surface area contributed by atoms with E-state index in [2.05, 4.69) is 15.3 Å². The molecule has 3 aromatic rings. The normalized spacial score (nSPS) is 14.3. The number of carbonyl (C=O) groups is 4. The molecule has 2 aromatic carbocycles. The van der Waals surface area contributed by atoms with Crippen molar-refractivity contribution in [2.45, 2.75) is 76.2 Å². The van der Waals surface area contributed by atoms with E-state index in [4.69, 9.17) is 21.9 Å². The number of esters is 1. The number of fused-ring (bicyclic) bond motifs is 1. The predicted molar refractivity (Wildman–Crippen MR) is 160 cm³/mol. The first-order chi connectivity index (χ1) is 20.7. The van der Waals surface area contributed by atoms with Crippen LogP contribution in [-0.4, -0.2) is 62.6 Å². The van der Waals surface area contributed by atoms with Gasteiger partial charge < -0.3 is 32.4 Å². The molecule has 0 aliphatic carbocycles. The molecule has 13 heteroatoms. The number of benzene rings is 2. The largest absolute Gasteiger partial charge is 0.459 e. The van der Waals surface area contributed by atoms with Gasteiger partial charge in [-0.05, 0) is 75.8 Å². The average molecular weight is 611 g/mol. The Labute approximate surface area is 254 Å². The van der Waals surface area contributed by atoms with Crippen LogP contribution < -0.4 is 22.5 Å². The molecule has 0 radical (unpaired) electrons. The lowest BCUT2D eigenvalue weighted by Crippen LogP contribution is -2.50. The third-order valence-electron chi connectivity index (χ3n) is 7.09. The van der Waals surface area contributed by atoms with Crippen LogP contribution in [-0.2, 0) is 25.5 Å². The Morgan fingerprint density at radius 3 is 2.39 bits per heavy atom. The zero-order valence-electron chi connectivity index (χ0n) is 24.7. The van der Waals surface area contributed by atoms with Crippen molar-refractivity contribution in [1.29, 1.82) is 0 Å². The molecule has 1 aromatic heterocycles. The minimum absolute atomic E-state index is 0.0179. The number of carbonyl (C=O) groups excluding carboxylic acids is 4. The van der Waals surface area contributed by atoms with Crippen LogP contribution in [0.1, 0.15) is 62.0 Å². The van der Waals surface area contributed by atoms with Gasteiger partial charge in [0.15, 0.2) is 0 Å². The van der Waals surface area contributed by atoms with Crippen LogP contribution in [0.3, 0.4) is 0 Å². The summed E-state index contributed by atoms with van der Waals surface area (Å²) in [5.74, 6) is -4.31. The topological polar surface area (TPSA) is 214 Å². The van der Waals surface area contributed by atoms with Crippen LogP contribution in [0.25, 0.3) is 11.0 Å². The summed E-state index contributed by atoms with van der Waals surface area (Å²) in [6.45, 7) is 3.16. The molecule has 0 bridgehead atoms. The van der Waals surface area contributed by atoms with Gasteiger partial charge in [0.2, 0.25) is 11.8 Å². The average Bonchev–Trinajstić information content (AvgIpc) is 2.96. The van der Waals surface area contributed by atoms with E-state index >= 15 is 0 Å². The van der Waals surface area contributed by atoms with Crippen molar-refractivity contribution in [3.63, 3.8) is 0 Å². The molecule has 4 atom stereocenters. The van der Waals surface area contributed by atoms with E-state index < -0.39 is 59.2 Å².